The van der Waals surface area contributed by atoms with Gasteiger partial charge in [-0.15, -0.1) is 0 Å². The molecule has 1 nitrogen and oxygen atoms in total. The van der Waals surface area contributed by atoms with E-state index in [0.717, 1.165) is 5.56 Å². The van der Waals surface area contributed by atoms with Crippen molar-refractivity contribution in [2.24, 2.45) is 0 Å². The number of nitrogens with zero attached hydrogens (tertiary/aromatic N) is 1. The van der Waals surface area contributed by atoms with Crippen LogP contribution in [-0.2, 0) is 0 Å². The van der Waals surface area contributed by atoms with Crippen molar-refractivity contribution in [2.75, 3.05) is 0 Å². The molecule has 0 spiro atoms. The molecule has 1 aliphatic rings. The van der Waals surface area contributed by atoms with Crippen molar-refractivity contribution in [1.29, 1.82) is 0 Å². The molecule has 0 aliphatic heterocycles. The van der Waals surface area contributed by atoms with E-state index in [4.69, 9.17) is 0 Å². The Balaban J connectivity index is 0.000000368. The number of rotatable bonds is 4. The summed E-state index contributed by atoms with van der Waals surface area (Å²) in [7, 11) is 0. The molecule has 0 bridgehead atoms. The van der Waals surface area contributed by atoms with Gasteiger partial charge in [0.05, 0.1) is 0 Å². The van der Waals surface area contributed by atoms with E-state index in [1.807, 2.05) is 12.1 Å². The van der Waals surface area contributed by atoms with Gasteiger partial charge in [0.1, 0.15) is 0 Å². The molecule has 1 aromatic carbocycles. The molecule has 0 atom stereocenters. The van der Waals surface area contributed by atoms with Gasteiger partial charge in [-0.25, -0.2) is 4.98 Å². The average molecular weight is 327 g/mol. The van der Waals surface area contributed by atoms with Crippen LogP contribution in [0.4, 0.5) is 4.39 Å². The zero-order valence-corrected chi connectivity index (χ0v) is 15.1. The van der Waals surface area contributed by atoms with E-state index in [1.165, 1.54) is 63.1 Å². The third-order valence-electron chi connectivity index (χ3n) is 4.76. The van der Waals surface area contributed by atoms with Crippen LogP contribution in [0.1, 0.15) is 76.7 Å². The minimum atomic E-state index is -0.395. The fraction of sp³-hybridized carbons (Fsp3) is 0.500. The quantitative estimate of drug-likeness (QED) is 0.544. The van der Waals surface area contributed by atoms with E-state index in [0.29, 0.717) is 11.5 Å². The molecule has 130 valence electrons. The van der Waals surface area contributed by atoms with E-state index in [2.05, 4.69) is 31.0 Å². The summed E-state index contributed by atoms with van der Waals surface area (Å²) < 4.78 is 13.6. The van der Waals surface area contributed by atoms with Crippen LogP contribution in [0.25, 0.3) is 11.1 Å². The van der Waals surface area contributed by atoms with Crippen molar-refractivity contribution in [2.45, 2.75) is 71.1 Å². The SMILES string of the molecule is CCCCC.Fc1ncccc1-c1ccc(C2CCCCC2)cc1. The lowest BCUT2D eigenvalue weighted by Gasteiger charge is -2.22. The summed E-state index contributed by atoms with van der Waals surface area (Å²) in [6, 6.07) is 11.9. The lowest BCUT2D eigenvalue weighted by atomic mass is 9.84. The first kappa shape index (κ1) is 18.6. The summed E-state index contributed by atoms with van der Waals surface area (Å²) in [4.78, 5) is 3.70. The Labute approximate surface area is 146 Å². The van der Waals surface area contributed by atoms with Crippen molar-refractivity contribution in [3.05, 3.63) is 54.1 Å². The average Bonchev–Trinajstić information content (AvgIpc) is 2.64. The zero-order valence-electron chi connectivity index (χ0n) is 15.1. The molecule has 0 saturated heterocycles. The topological polar surface area (TPSA) is 12.9 Å². The molecule has 24 heavy (non-hydrogen) atoms. The first-order chi connectivity index (χ1) is 11.8. The van der Waals surface area contributed by atoms with Gasteiger partial charge in [-0.1, -0.05) is 76.6 Å². The highest BCUT2D eigenvalue weighted by Crippen LogP contribution is 2.33. The number of hydrogen-bond acceptors (Lipinski definition) is 1. The van der Waals surface area contributed by atoms with E-state index in [1.54, 1.807) is 12.1 Å². The molecule has 1 fully saturated rings. The zero-order chi connectivity index (χ0) is 17.2. The Bertz CT molecular complexity index is 583. The van der Waals surface area contributed by atoms with Crippen LogP contribution in [0, 0.1) is 5.95 Å². The first-order valence-electron chi connectivity index (χ1n) is 9.47. The van der Waals surface area contributed by atoms with Gasteiger partial charge in [-0.05, 0) is 42.0 Å². The predicted molar refractivity (Wildman–Crippen MR) is 101 cm³/mol. The van der Waals surface area contributed by atoms with Crippen molar-refractivity contribution in [3.8, 4) is 11.1 Å². The first-order valence-corrected chi connectivity index (χ1v) is 9.47. The maximum atomic E-state index is 13.6. The summed E-state index contributed by atoms with van der Waals surface area (Å²) in [6.45, 7) is 4.42. The fourth-order valence-electron chi connectivity index (χ4n) is 3.33. The van der Waals surface area contributed by atoms with Crippen LogP contribution >= 0.6 is 0 Å². The summed E-state index contributed by atoms with van der Waals surface area (Å²) >= 11 is 0. The number of hydrogen-bond donors (Lipinski definition) is 0. The number of pyridine rings is 1. The van der Waals surface area contributed by atoms with Gasteiger partial charge in [-0.3, -0.25) is 0 Å². The monoisotopic (exact) mass is 327 g/mol. The van der Waals surface area contributed by atoms with Gasteiger partial charge in [0, 0.05) is 11.8 Å². The van der Waals surface area contributed by atoms with Gasteiger partial charge in [-0.2, -0.15) is 4.39 Å². The number of benzene rings is 1. The van der Waals surface area contributed by atoms with Crippen LogP contribution < -0.4 is 0 Å². The highest BCUT2D eigenvalue weighted by Gasteiger charge is 2.15. The van der Waals surface area contributed by atoms with E-state index in [9.17, 15) is 4.39 Å². The lowest BCUT2D eigenvalue weighted by molar-refractivity contribution is 0.443. The summed E-state index contributed by atoms with van der Waals surface area (Å²) in [5, 5.41) is 0. The summed E-state index contributed by atoms with van der Waals surface area (Å²) in [6.07, 6.45) is 12.2. The van der Waals surface area contributed by atoms with E-state index < -0.39 is 5.95 Å². The van der Waals surface area contributed by atoms with Crippen LogP contribution in [0.5, 0.6) is 0 Å². The van der Waals surface area contributed by atoms with Gasteiger partial charge in [0.15, 0.2) is 0 Å². The van der Waals surface area contributed by atoms with Crippen molar-refractivity contribution >= 4 is 0 Å². The Morgan fingerprint density at radius 2 is 1.62 bits per heavy atom. The fourth-order valence-corrected chi connectivity index (χ4v) is 3.33. The third kappa shape index (κ3) is 5.43. The molecular formula is C22H30FN. The maximum Gasteiger partial charge on any atom is 0.220 e. The Hall–Kier alpha value is -1.70. The van der Waals surface area contributed by atoms with Crippen molar-refractivity contribution in [1.82, 2.24) is 4.98 Å². The molecule has 1 aliphatic carbocycles. The molecule has 0 radical (unpaired) electrons. The second-order valence-corrected chi connectivity index (χ2v) is 6.65. The second-order valence-electron chi connectivity index (χ2n) is 6.65. The number of aromatic nitrogens is 1. The molecule has 0 N–H and O–H groups in total. The smallest absolute Gasteiger partial charge is 0.220 e. The molecule has 0 amide bonds. The Kier molecular flexibility index (Phi) is 7.94. The normalized spacial score (nSPS) is 14.8. The molecule has 2 heteroatoms. The van der Waals surface area contributed by atoms with E-state index >= 15 is 0 Å². The highest BCUT2D eigenvalue weighted by atomic mass is 19.1. The molecule has 3 rings (SSSR count). The van der Waals surface area contributed by atoms with Crippen molar-refractivity contribution in [3.63, 3.8) is 0 Å². The van der Waals surface area contributed by atoms with E-state index in [-0.39, 0.29) is 0 Å². The number of unbranched alkanes of at least 4 members (excludes halogenated alkanes) is 2. The minimum Gasteiger partial charge on any atom is -0.228 e. The van der Waals surface area contributed by atoms with Gasteiger partial charge >= 0.3 is 0 Å². The minimum absolute atomic E-state index is 0.395. The summed E-state index contributed by atoms with van der Waals surface area (Å²) in [5.74, 6) is 0.300. The molecule has 1 aromatic heterocycles. The maximum absolute atomic E-state index is 13.6. The van der Waals surface area contributed by atoms with Gasteiger partial charge in [0.25, 0.3) is 0 Å². The van der Waals surface area contributed by atoms with Crippen LogP contribution in [0.2, 0.25) is 0 Å². The van der Waals surface area contributed by atoms with Crippen LogP contribution in [-0.4, -0.2) is 4.98 Å². The van der Waals surface area contributed by atoms with Crippen molar-refractivity contribution < 1.29 is 4.39 Å². The largest absolute Gasteiger partial charge is 0.228 e. The van der Waals surface area contributed by atoms with Crippen LogP contribution in [0.3, 0.4) is 0 Å². The molecular weight excluding hydrogens is 297 g/mol. The summed E-state index contributed by atoms with van der Waals surface area (Å²) in [5.41, 5.74) is 2.88. The highest BCUT2D eigenvalue weighted by molar-refractivity contribution is 5.63. The molecule has 1 heterocycles. The van der Waals surface area contributed by atoms with Crippen LogP contribution in [0.15, 0.2) is 42.6 Å². The second kappa shape index (κ2) is 10.2. The Morgan fingerprint density at radius 1 is 0.958 bits per heavy atom. The molecule has 0 unspecified atom stereocenters. The lowest BCUT2D eigenvalue weighted by Crippen LogP contribution is -2.04. The third-order valence-corrected chi connectivity index (χ3v) is 4.76. The Morgan fingerprint density at radius 3 is 2.17 bits per heavy atom. The van der Waals surface area contributed by atoms with Gasteiger partial charge in [0.2, 0.25) is 5.95 Å². The number of halogens is 1. The molecule has 2 aromatic rings. The molecule has 1 saturated carbocycles. The standard InChI is InChI=1S/C17H18FN.C5H12/c18-17-16(7-4-12-19-17)15-10-8-14(9-11-15)13-5-2-1-3-6-13;1-3-5-4-2/h4,7-13H,1-3,5-6H2;3-5H2,1-2H3. The predicted octanol–water partition coefficient (Wildman–Crippen LogP) is 7.13. The van der Waals surface area contributed by atoms with Gasteiger partial charge < -0.3 is 0 Å².